The third kappa shape index (κ3) is 2.37. The lowest BCUT2D eigenvalue weighted by Gasteiger charge is -2.38. The Balaban J connectivity index is 1.46. The number of fused-ring (bicyclic) bond motifs is 3. The highest BCUT2D eigenvalue weighted by Gasteiger charge is 2.45. The molecule has 3 aliphatic rings. The fourth-order valence-corrected chi connectivity index (χ4v) is 4.37. The van der Waals surface area contributed by atoms with Crippen molar-refractivity contribution in [3.63, 3.8) is 0 Å². The van der Waals surface area contributed by atoms with E-state index >= 15 is 0 Å². The van der Waals surface area contributed by atoms with Crippen molar-refractivity contribution < 1.29 is 4.79 Å². The van der Waals surface area contributed by atoms with Crippen LogP contribution in [0.2, 0.25) is 0 Å². The second-order valence-electron chi connectivity index (χ2n) is 7.52. The summed E-state index contributed by atoms with van der Waals surface area (Å²) in [5.41, 5.74) is 2.06. The third-order valence-corrected chi connectivity index (χ3v) is 5.76. The SMILES string of the molecule is O=C1c2cccn2[C@H]2CN(CC3CC3)C[C@H]2N1Cc1ccccc1. The molecule has 1 aliphatic carbocycles. The van der Waals surface area contributed by atoms with E-state index in [1.165, 1.54) is 24.9 Å². The molecule has 2 fully saturated rings. The van der Waals surface area contributed by atoms with Gasteiger partial charge in [0.1, 0.15) is 5.69 Å². The van der Waals surface area contributed by atoms with Gasteiger partial charge in [-0.05, 0) is 36.5 Å². The molecule has 0 radical (unpaired) electrons. The van der Waals surface area contributed by atoms with Gasteiger partial charge in [0.05, 0.1) is 12.1 Å². The van der Waals surface area contributed by atoms with Gasteiger partial charge in [0.2, 0.25) is 0 Å². The Hall–Kier alpha value is -2.07. The molecule has 1 aromatic heterocycles. The Morgan fingerprint density at radius 1 is 0.958 bits per heavy atom. The standard InChI is InChI=1S/C20H23N3O/c24-20-17-7-4-10-22(17)18-13-21(11-16-8-9-16)14-19(18)23(20)12-15-5-2-1-3-6-15/h1-7,10,16,18-19H,8-9,11-14H2/t18-,19+/m0/s1. The summed E-state index contributed by atoms with van der Waals surface area (Å²) in [5.74, 6) is 1.07. The van der Waals surface area contributed by atoms with Gasteiger partial charge in [-0.1, -0.05) is 30.3 Å². The van der Waals surface area contributed by atoms with E-state index in [0.717, 1.165) is 24.7 Å². The topological polar surface area (TPSA) is 28.5 Å². The molecule has 2 aromatic rings. The normalized spacial score (nSPS) is 26.5. The molecule has 124 valence electrons. The minimum absolute atomic E-state index is 0.179. The molecule has 4 heteroatoms. The highest BCUT2D eigenvalue weighted by Crippen LogP contribution is 2.37. The van der Waals surface area contributed by atoms with E-state index in [9.17, 15) is 4.79 Å². The van der Waals surface area contributed by atoms with Crippen molar-refractivity contribution in [1.29, 1.82) is 0 Å². The summed E-state index contributed by atoms with van der Waals surface area (Å²) in [5, 5.41) is 0. The van der Waals surface area contributed by atoms with Crippen LogP contribution in [0.15, 0.2) is 48.7 Å². The van der Waals surface area contributed by atoms with Gasteiger partial charge in [0.15, 0.2) is 0 Å². The van der Waals surface area contributed by atoms with Gasteiger partial charge in [0.25, 0.3) is 5.91 Å². The Morgan fingerprint density at radius 2 is 1.75 bits per heavy atom. The predicted molar refractivity (Wildman–Crippen MR) is 92.7 cm³/mol. The van der Waals surface area contributed by atoms with E-state index < -0.39 is 0 Å². The molecule has 0 unspecified atom stereocenters. The van der Waals surface area contributed by atoms with Gasteiger partial charge < -0.3 is 9.47 Å². The minimum atomic E-state index is 0.179. The molecule has 0 spiro atoms. The molecular weight excluding hydrogens is 298 g/mol. The first kappa shape index (κ1) is 14.3. The molecule has 2 aliphatic heterocycles. The minimum Gasteiger partial charge on any atom is -0.337 e. The maximum absolute atomic E-state index is 13.1. The molecule has 1 amide bonds. The Bertz CT molecular complexity index is 749. The van der Waals surface area contributed by atoms with Crippen LogP contribution in [0.25, 0.3) is 0 Å². The van der Waals surface area contributed by atoms with E-state index in [1.54, 1.807) is 0 Å². The van der Waals surface area contributed by atoms with Crippen molar-refractivity contribution in [1.82, 2.24) is 14.4 Å². The number of rotatable bonds is 4. The number of carbonyl (C=O) groups excluding carboxylic acids is 1. The van der Waals surface area contributed by atoms with Crippen LogP contribution in [-0.2, 0) is 6.54 Å². The molecule has 1 saturated heterocycles. The molecular formula is C20H23N3O. The van der Waals surface area contributed by atoms with Crippen LogP contribution >= 0.6 is 0 Å². The highest BCUT2D eigenvalue weighted by atomic mass is 16.2. The molecule has 1 aromatic carbocycles. The highest BCUT2D eigenvalue weighted by molar-refractivity contribution is 5.94. The predicted octanol–water partition coefficient (Wildman–Crippen LogP) is 2.78. The molecule has 4 nitrogen and oxygen atoms in total. The number of hydrogen-bond acceptors (Lipinski definition) is 2. The molecule has 1 saturated carbocycles. The molecule has 2 atom stereocenters. The molecule has 3 heterocycles. The van der Waals surface area contributed by atoms with Crippen LogP contribution in [0, 0.1) is 5.92 Å². The lowest BCUT2D eigenvalue weighted by atomic mass is 10.0. The van der Waals surface area contributed by atoms with Gasteiger partial charge in [-0.25, -0.2) is 0 Å². The zero-order chi connectivity index (χ0) is 16.1. The van der Waals surface area contributed by atoms with E-state index in [4.69, 9.17) is 0 Å². The fourth-order valence-electron chi connectivity index (χ4n) is 4.37. The van der Waals surface area contributed by atoms with Crippen LogP contribution in [0.5, 0.6) is 0 Å². The summed E-state index contributed by atoms with van der Waals surface area (Å²) in [7, 11) is 0. The number of likely N-dealkylation sites (tertiary alicyclic amines) is 1. The van der Waals surface area contributed by atoms with Crippen molar-refractivity contribution in [2.75, 3.05) is 19.6 Å². The fraction of sp³-hybridized carbons (Fsp3) is 0.450. The second-order valence-corrected chi connectivity index (χ2v) is 7.52. The van der Waals surface area contributed by atoms with Crippen LogP contribution in [0.3, 0.4) is 0 Å². The lowest BCUT2D eigenvalue weighted by molar-refractivity contribution is 0.0557. The Kier molecular flexibility index (Phi) is 3.27. The van der Waals surface area contributed by atoms with Crippen LogP contribution < -0.4 is 0 Å². The van der Waals surface area contributed by atoms with Gasteiger partial charge in [0, 0.05) is 32.4 Å². The maximum atomic E-state index is 13.1. The summed E-state index contributed by atoms with van der Waals surface area (Å²) >= 11 is 0. The van der Waals surface area contributed by atoms with Crippen molar-refractivity contribution in [2.45, 2.75) is 31.5 Å². The Morgan fingerprint density at radius 3 is 2.54 bits per heavy atom. The number of benzene rings is 1. The quantitative estimate of drug-likeness (QED) is 0.866. The molecule has 5 rings (SSSR count). The van der Waals surface area contributed by atoms with Gasteiger partial charge >= 0.3 is 0 Å². The number of hydrogen-bond donors (Lipinski definition) is 0. The lowest BCUT2D eigenvalue weighted by Crippen LogP contribution is -2.49. The van der Waals surface area contributed by atoms with Crippen LogP contribution in [0.4, 0.5) is 0 Å². The average molecular weight is 321 g/mol. The number of amides is 1. The first-order chi connectivity index (χ1) is 11.8. The van der Waals surface area contributed by atoms with Gasteiger partial charge in [-0.2, -0.15) is 0 Å². The van der Waals surface area contributed by atoms with E-state index in [0.29, 0.717) is 12.6 Å². The van der Waals surface area contributed by atoms with Crippen LogP contribution in [0.1, 0.15) is 34.9 Å². The third-order valence-electron chi connectivity index (χ3n) is 5.76. The van der Waals surface area contributed by atoms with Gasteiger partial charge in [-0.15, -0.1) is 0 Å². The number of nitrogens with zero attached hydrogens (tertiary/aromatic N) is 3. The second kappa shape index (κ2) is 5.49. The maximum Gasteiger partial charge on any atom is 0.271 e. The summed E-state index contributed by atoms with van der Waals surface area (Å²) in [4.78, 5) is 17.7. The smallest absolute Gasteiger partial charge is 0.271 e. The number of aromatic nitrogens is 1. The first-order valence-electron chi connectivity index (χ1n) is 9.03. The van der Waals surface area contributed by atoms with Crippen molar-refractivity contribution >= 4 is 5.91 Å². The largest absolute Gasteiger partial charge is 0.337 e. The molecule has 0 bridgehead atoms. The summed E-state index contributed by atoms with van der Waals surface area (Å²) in [6.45, 7) is 4.00. The summed E-state index contributed by atoms with van der Waals surface area (Å²) in [6.07, 6.45) is 4.85. The van der Waals surface area contributed by atoms with Crippen molar-refractivity contribution in [3.8, 4) is 0 Å². The summed E-state index contributed by atoms with van der Waals surface area (Å²) in [6, 6.07) is 15.0. The first-order valence-corrected chi connectivity index (χ1v) is 9.03. The van der Waals surface area contributed by atoms with Crippen LogP contribution in [-0.4, -0.2) is 46.0 Å². The monoisotopic (exact) mass is 321 g/mol. The van der Waals surface area contributed by atoms with Crippen molar-refractivity contribution in [3.05, 3.63) is 59.9 Å². The van der Waals surface area contributed by atoms with E-state index in [-0.39, 0.29) is 11.9 Å². The zero-order valence-corrected chi connectivity index (χ0v) is 13.8. The van der Waals surface area contributed by atoms with Crippen molar-refractivity contribution in [2.24, 2.45) is 5.92 Å². The van der Waals surface area contributed by atoms with E-state index in [2.05, 4.69) is 44.8 Å². The average Bonchev–Trinajstić information content (AvgIpc) is 3.10. The number of carbonyl (C=O) groups is 1. The Labute approximate surface area is 142 Å². The molecule has 24 heavy (non-hydrogen) atoms. The zero-order valence-electron chi connectivity index (χ0n) is 13.8. The van der Waals surface area contributed by atoms with Gasteiger partial charge in [-0.3, -0.25) is 9.69 Å². The van der Waals surface area contributed by atoms with E-state index in [1.807, 2.05) is 18.2 Å². The molecule has 0 N–H and O–H groups in total. The summed E-state index contributed by atoms with van der Waals surface area (Å²) < 4.78 is 2.22.